The molecule has 2 atom stereocenters. The molecular weight excluding hydrogens is 319 g/mol. The molecule has 0 bridgehead atoms. The standard InChI is InChI=1S/C14H13FN6OS/c15-12-3-9(1-2-18-12)19-14-10(13(17)22)5-21(20-14)11-7-23-6-8(11)4-16/h1-3,5,8,11H,6-7H2,(H2,17,22)(H,18,19,20)/t8-,11+/m0/s1. The molecule has 1 fully saturated rings. The first kappa shape index (κ1) is 15.3. The van der Waals surface area contributed by atoms with Crippen molar-refractivity contribution < 1.29 is 9.18 Å². The van der Waals surface area contributed by atoms with Gasteiger partial charge in [0.05, 0.1) is 18.0 Å². The molecule has 9 heteroatoms. The Bertz CT molecular complexity index is 786. The highest BCUT2D eigenvalue weighted by atomic mass is 32.2. The number of amides is 1. The zero-order valence-electron chi connectivity index (χ0n) is 11.9. The van der Waals surface area contributed by atoms with Crippen LogP contribution in [-0.2, 0) is 0 Å². The Balaban J connectivity index is 1.93. The molecule has 23 heavy (non-hydrogen) atoms. The van der Waals surface area contributed by atoms with E-state index >= 15 is 0 Å². The van der Waals surface area contributed by atoms with Crippen LogP contribution in [0.1, 0.15) is 16.4 Å². The van der Waals surface area contributed by atoms with Gasteiger partial charge in [0, 0.05) is 35.7 Å². The number of carbonyl (C=O) groups excluding carboxylic acids is 1. The molecule has 0 aromatic carbocycles. The molecule has 118 valence electrons. The number of hydrogen-bond donors (Lipinski definition) is 2. The minimum Gasteiger partial charge on any atom is -0.365 e. The van der Waals surface area contributed by atoms with E-state index in [1.807, 2.05) is 0 Å². The number of thioether (sulfide) groups is 1. The van der Waals surface area contributed by atoms with E-state index in [9.17, 15) is 14.4 Å². The van der Waals surface area contributed by atoms with Crippen molar-refractivity contribution in [1.29, 1.82) is 5.26 Å². The molecule has 1 aliphatic heterocycles. The zero-order chi connectivity index (χ0) is 16.4. The van der Waals surface area contributed by atoms with Crippen LogP contribution in [0.3, 0.4) is 0 Å². The lowest BCUT2D eigenvalue weighted by molar-refractivity contribution is 0.100. The molecule has 3 rings (SSSR count). The quantitative estimate of drug-likeness (QED) is 0.825. The maximum absolute atomic E-state index is 13.2. The summed E-state index contributed by atoms with van der Waals surface area (Å²) < 4.78 is 14.8. The topological polar surface area (TPSA) is 110 Å². The van der Waals surface area contributed by atoms with Gasteiger partial charge in [0.1, 0.15) is 5.56 Å². The number of pyridine rings is 1. The highest BCUT2D eigenvalue weighted by Gasteiger charge is 2.31. The first-order chi connectivity index (χ1) is 11.1. The van der Waals surface area contributed by atoms with Crippen LogP contribution in [0.5, 0.6) is 0 Å². The fourth-order valence-corrected chi connectivity index (χ4v) is 3.69. The number of hydrogen-bond acceptors (Lipinski definition) is 6. The van der Waals surface area contributed by atoms with Crippen molar-refractivity contribution in [3.05, 3.63) is 36.0 Å². The second kappa shape index (κ2) is 6.26. The molecule has 2 aromatic heterocycles. The monoisotopic (exact) mass is 332 g/mol. The molecule has 0 radical (unpaired) electrons. The van der Waals surface area contributed by atoms with Crippen molar-refractivity contribution in [2.24, 2.45) is 11.7 Å². The molecule has 1 aliphatic rings. The molecule has 3 N–H and O–H groups in total. The largest absolute Gasteiger partial charge is 0.365 e. The molecular formula is C14H13FN6OS. The van der Waals surface area contributed by atoms with Crippen molar-refractivity contribution in [2.75, 3.05) is 16.8 Å². The Hall–Kier alpha value is -2.60. The molecule has 1 amide bonds. The van der Waals surface area contributed by atoms with E-state index in [0.29, 0.717) is 5.69 Å². The van der Waals surface area contributed by atoms with Crippen molar-refractivity contribution >= 4 is 29.2 Å². The average molecular weight is 332 g/mol. The molecule has 7 nitrogen and oxygen atoms in total. The van der Waals surface area contributed by atoms with E-state index < -0.39 is 11.9 Å². The fraction of sp³-hybridized carbons (Fsp3) is 0.286. The number of halogens is 1. The summed E-state index contributed by atoms with van der Waals surface area (Å²) in [6.07, 6.45) is 2.83. The summed E-state index contributed by atoms with van der Waals surface area (Å²) in [6.45, 7) is 0. The number of aromatic nitrogens is 3. The second-order valence-corrected chi connectivity index (χ2v) is 6.14. The SMILES string of the molecule is N#C[C@H]1CSC[C@H]1n1cc(C(N)=O)c(Nc2ccnc(F)c2)n1. The highest BCUT2D eigenvalue weighted by molar-refractivity contribution is 7.99. The third kappa shape index (κ3) is 3.12. The Labute approximate surface area is 135 Å². The number of anilines is 2. The van der Waals surface area contributed by atoms with E-state index in [-0.39, 0.29) is 23.3 Å². The summed E-state index contributed by atoms with van der Waals surface area (Å²) >= 11 is 1.66. The van der Waals surface area contributed by atoms with Crippen LogP contribution < -0.4 is 11.1 Å². The summed E-state index contributed by atoms with van der Waals surface area (Å²) in [5.74, 6) is 0.231. The van der Waals surface area contributed by atoms with Crippen LogP contribution >= 0.6 is 11.8 Å². The predicted molar refractivity (Wildman–Crippen MR) is 83.7 cm³/mol. The van der Waals surface area contributed by atoms with E-state index in [0.717, 1.165) is 11.5 Å². The molecule has 1 saturated heterocycles. The highest BCUT2D eigenvalue weighted by Crippen LogP contribution is 2.34. The maximum atomic E-state index is 13.2. The Morgan fingerprint density at radius 3 is 3.09 bits per heavy atom. The van der Waals surface area contributed by atoms with Gasteiger partial charge in [-0.15, -0.1) is 0 Å². The number of carbonyl (C=O) groups is 1. The molecule has 3 heterocycles. The van der Waals surface area contributed by atoms with Crippen LogP contribution in [0.4, 0.5) is 15.9 Å². The van der Waals surface area contributed by atoms with Crippen LogP contribution in [-0.4, -0.2) is 32.2 Å². The first-order valence-electron chi connectivity index (χ1n) is 6.83. The van der Waals surface area contributed by atoms with Crippen LogP contribution in [0, 0.1) is 23.2 Å². The summed E-state index contributed by atoms with van der Waals surface area (Å²) in [5.41, 5.74) is 5.98. The smallest absolute Gasteiger partial charge is 0.254 e. The third-order valence-electron chi connectivity index (χ3n) is 3.54. The Morgan fingerprint density at radius 2 is 2.39 bits per heavy atom. The number of nitrogens with zero attached hydrogens (tertiary/aromatic N) is 4. The van der Waals surface area contributed by atoms with Crippen LogP contribution in [0.25, 0.3) is 0 Å². The third-order valence-corrected chi connectivity index (χ3v) is 4.71. The van der Waals surface area contributed by atoms with E-state index in [1.165, 1.54) is 18.5 Å². The number of rotatable bonds is 4. The van der Waals surface area contributed by atoms with Gasteiger partial charge in [-0.25, -0.2) is 4.98 Å². The molecule has 0 spiro atoms. The first-order valence-corrected chi connectivity index (χ1v) is 7.99. The number of nitrogens with one attached hydrogen (secondary N) is 1. The van der Waals surface area contributed by atoms with Gasteiger partial charge in [0.15, 0.2) is 5.82 Å². The lowest BCUT2D eigenvalue weighted by Gasteiger charge is -2.12. The normalized spacial score (nSPS) is 20.2. The van der Waals surface area contributed by atoms with Gasteiger partial charge in [0.2, 0.25) is 5.95 Å². The minimum atomic E-state index is -0.646. The molecule has 2 aromatic rings. The molecule has 0 saturated carbocycles. The summed E-state index contributed by atoms with van der Waals surface area (Å²) in [6, 6.07) is 4.87. The number of primary amides is 1. The van der Waals surface area contributed by atoms with Crippen molar-refractivity contribution in [3.63, 3.8) is 0 Å². The Morgan fingerprint density at radius 1 is 1.57 bits per heavy atom. The molecule has 0 unspecified atom stereocenters. The lowest BCUT2D eigenvalue weighted by atomic mass is 10.1. The minimum absolute atomic E-state index is 0.118. The van der Waals surface area contributed by atoms with Crippen LogP contribution in [0.2, 0.25) is 0 Å². The lowest BCUT2D eigenvalue weighted by Crippen LogP contribution is -2.17. The number of nitrogens with two attached hydrogens (primary N) is 1. The average Bonchev–Trinajstić information content (AvgIpc) is 3.13. The van der Waals surface area contributed by atoms with Crippen molar-refractivity contribution in [2.45, 2.75) is 6.04 Å². The zero-order valence-corrected chi connectivity index (χ0v) is 12.8. The fourth-order valence-electron chi connectivity index (χ4n) is 2.38. The van der Waals surface area contributed by atoms with Gasteiger partial charge in [-0.2, -0.15) is 26.5 Å². The predicted octanol–water partition coefficient (Wildman–Crippen LogP) is 1.69. The number of nitriles is 1. The van der Waals surface area contributed by atoms with Gasteiger partial charge in [0.25, 0.3) is 5.91 Å². The van der Waals surface area contributed by atoms with E-state index in [4.69, 9.17) is 5.73 Å². The summed E-state index contributed by atoms with van der Waals surface area (Å²) in [5, 5.41) is 16.4. The van der Waals surface area contributed by atoms with Crippen molar-refractivity contribution in [3.8, 4) is 6.07 Å². The van der Waals surface area contributed by atoms with Gasteiger partial charge in [-0.05, 0) is 6.07 Å². The maximum Gasteiger partial charge on any atom is 0.254 e. The summed E-state index contributed by atoms with van der Waals surface area (Å²) in [4.78, 5) is 15.1. The second-order valence-electron chi connectivity index (χ2n) is 5.07. The summed E-state index contributed by atoms with van der Waals surface area (Å²) in [7, 11) is 0. The van der Waals surface area contributed by atoms with Gasteiger partial charge in [-0.1, -0.05) is 0 Å². The Kier molecular flexibility index (Phi) is 4.16. The van der Waals surface area contributed by atoms with Gasteiger partial charge < -0.3 is 11.1 Å². The molecule has 0 aliphatic carbocycles. The van der Waals surface area contributed by atoms with Crippen molar-refractivity contribution in [1.82, 2.24) is 14.8 Å². The van der Waals surface area contributed by atoms with Gasteiger partial charge in [-0.3, -0.25) is 9.48 Å². The van der Waals surface area contributed by atoms with Gasteiger partial charge >= 0.3 is 0 Å². The van der Waals surface area contributed by atoms with E-state index in [1.54, 1.807) is 22.5 Å². The van der Waals surface area contributed by atoms with Crippen LogP contribution in [0.15, 0.2) is 24.5 Å². The van der Waals surface area contributed by atoms with E-state index in [2.05, 4.69) is 21.5 Å².